The summed E-state index contributed by atoms with van der Waals surface area (Å²) in [6.45, 7) is 6.75. The van der Waals surface area contributed by atoms with E-state index in [-0.39, 0.29) is 43.7 Å². The third kappa shape index (κ3) is 8.78. The van der Waals surface area contributed by atoms with E-state index in [1.54, 1.807) is 36.4 Å². The Labute approximate surface area is 252 Å². The van der Waals surface area contributed by atoms with Gasteiger partial charge in [-0.15, -0.1) is 0 Å². The normalized spacial score (nSPS) is 20.4. The van der Waals surface area contributed by atoms with Gasteiger partial charge < -0.3 is 29.6 Å². The number of fused-ring (bicyclic) bond motifs is 1. The Bertz CT molecular complexity index is 1420. The van der Waals surface area contributed by atoms with Gasteiger partial charge in [-0.2, -0.15) is 5.10 Å². The third-order valence-electron chi connectivity index (χ3n) is 6.99. The second-order valence-corrected chi connectivity index (χ2v) is 12.6. The first kappa shape index (κ1) is 32.9. The third-order valence-corrected chi connectivity index (χ3v) is 8.48. The molecule has 2 radical (unpaired) electrons. The highest BCUT2D eigenvalue weighted by Crippen LogP contribution is 2.46. The molecule has 15 heteroatoms. The van der Waals surface area contributed by atoms with Crippen LogP contribution in [0.5, 0.6) is 5.75 Å². The maximum absolute atomic E-state index is 13.8. The van der Waals surface area contributed by atoms with Gasteiger partial charge in [0.1, 0.15) is 38.1 Å². The minimum atomic E-state index is -4.09. The van der Waals surface area contributed by atoms with E-state index in [0.29, 0.717) is 16.7 Å². The van der Waals surface area contributed by atoms with E-state index in [1.165, 1.54) is 24.7 Å². The van der Waals surface area contributed by atoms with E-state index < -0.39 is 37.8 Å². The maximum Gasteiger partial charge on any atom is 0.459 e. The van der Waals surface area contributed by atoms with Crippen LogP contribution < -0.4 is 20.8 Å². The van der Waals surface area contributed by atoms with Gasteiger partial charge in [-0.1, -0.05) is 50.4 Å². The lowest BCUT2D eigenvalue weighted by molar-refractivity contribution is -0.215. The first-order valence-electron chi connectivity index (χ1n) is 14.2. The monoisotopic (exact) mass is 615 g/mol. The van der Waals surface area contributed by atoms with E-state index in [4.69, 9.17) is 36.8 Å². The Morgan fingerprint density at radius 2 is 2.02 bits per heavy atom. The number of anilines is 1. The summed E-state index contributed by atoms with van der Waals surface area (Å²) < 4.78 is 44.4. The van der Waals surface area contributed by atoms with Crippen molar-refractivity contribution in [1.29, 1.82) is 0 Å². The molecule has 0 aliphatic carbocycles. The molecule has 1 unspecified atom stereocenters. The van der Waals surface area contributed by atoms with Crippen LogP contribution in [-0.4, -0.2) is 71.3 Å². The number of hydrogen-bond donors (Lipinski definition) is 3. The number of ether oxygens (including phenoxy) is 3. The number of nitrogens with zero attached hydrogens (tertiary/aromatic N) is 3. The molecule has 43 heavy (non-hydrogen) atoms. The number of hydrogen-bond acceptors (Lipinski definition) is 11. The van der Waals surface area contributed by atoms with Crippen molar-refractivity contribution in [2.75, 3.05) is 25.5 Å². The number of carbonyl (C=O) groups is 1. The SMILES string of the molecule is [B]c1cc([C@@H]2O[C@H](COP(=O)(NCC(=O)OCC(CC)CC)Oc3ccccc3)C[C@H]2OC(C)(C)O)n2ncnc(N)c12. The average molecular weight is 615 g/mol. The Morgan fingerprint density at radius 3 is 2.70 bits per heavy atom. The minimum Gasteiger partial charge on any atom is -0.464 e. The Morgan fingerprint density at radius 1 is 1.30 bits per heavy atom. The second-order valence-electron chi connectivity index (χ2n) is 10.8. The topological polar surface area (TPSA) is 169 Å². The van der Waals surface area contributed by atoms with Crippen LogP contribution >= 0.6 is 7.75 Å². The van der Waals surface area contributed by atoms with E-state index in [1.807, 2.05) is 13.8 Å². The zero-order chi connectivity index (χ0) is 31.2. The Hall–Kier alpha value is -3.00. The number of carbonyl (C=O) groups excluding carboxylic acids is 1. The van der Waals surface area contributed by atoms with Crippen molar-refractivity contribution in [3.63, 3.8) is 0 Å². The molecular formula is C28H39BN5O8P. The minimum absolute atomic E-state index is 0.195. The predicted molar refractivity (Wildman–Crippen MR) is 160 cm³/mol. The lowest BCUT2D eigenvalue weighted by Gasteiger charge is -2.26. The van der Waals surface area contributed by atoms with Crippen LogP contribution in [0, 0.1) is 5.92 Å². The number of para-hydroxylation sites is 1. The molecule has 232 valence electrons. The number of esters is 1. The molecule has 4 atom stereocenters. The van der Waals surface area contributed by atoms with E-state index in [2.05, 4.69) is 15.2 Å². The van der Waals surface area contributed by atoms with Crippen molar-refractivity contribution in [3.8, 4) is 5.75 Å². The van der Waals surface area contributed by atoms with Crippen molar-refractivity contribution in [2.45, 2.75) is 71.1 Å². The van der Waals surface area contributed by atoms with Gasteiger partial charge in [0.05, 0.1) is 31.1 Å². The molecule has 1 aliphatic heterocycles. The van der Waals surface area contributed by atoms with Gasteiger partial charge in [0.2, 0.25) is 0 Å². The number of nitrogens with two attached hydrogens (primary N) is 1. The molecule has 3 aromatic rings. The molecule has 2 aromatic heterocycles. The summed E-state index contributed by atoms with van der Waals surface area (Å²) in [6.07, 6.45) is 1.24. The highest BCUT2D eigenvalue weighted by Gasteiger charge is 2.43. The quantitative estimate of drug-likeness (QED) is 0.0991. The molecule has 4 rings (SSSR count). The molecule has 0 amide bonds. The summed E-state index contributed by atoms with van der Waals surface area (Å²) in [5, 5.41) is 17.3. The summed E-state index contributed by atoms with van der Waals surface area (Å²) in [6, 6.07) is 10.1. The number of rotatable bonds is 15. The summed E-state index contributed by atoms with van der Waals surface area (Å²) >= 11 is 0. The fourth-order valence-corrected chi connectivity index (χ4v) is 6.05. The van der Waals surface area contributed by atoms with Crippen LogP contribution in [0.1, 0.15) is 58.8 Å². The van der Waals surface area contributed by atoms with Crippen LogP contribution in [0.2, 0.25) is 0 Å². The van der Waals surface area contributed by atoms with Crippen molar-refractivity contribution < 1.29 is 37.7 Å². The summed E-state index contributed by atoms with van der Waals surface area (Å²) in [5.41, 5.74) is 7.32. The van der Waals surface area contributed by atoms with Crippen LogP contribution in [0.4, 0.5) is 5.82 Å². The van der Waals surface area contributed by atoms with Gasteiger partial charge in [0, 0.05) is 6.42 Å². The number of aromatic nitrogens is 3. The molecule has 1 aliphatic rings. The van der Waals surface area contributed by atoms with Gasteiger partial charge >= 0.3 is 13.7 Å². The van der Waals surface area contributed by atoms with E-state index >= 15 is 0 Å². The molecule has 13 nitrogen and oxygen atoms in total. The maximum atomic E-state index is 13.8. The van der Waals surface area contributed by atoms with Crippen molar-refractivity contribution in [3.05, 3.63) is 48.4 Å². The van der Waals surface area contributed by atoms with Crippen molar-refractivity contribution in [1.82, 2.24) is 19.7 Å². The first-order chi connectivity index (χ1) is 20.4. The molecular weight excluding hydrogens is 576 g/mol. The number of aliphatic hydroxyl groups is 1. The number of nitrogen functional groups attached to an aromatic ring is 1. The highest BCUT2D eigenvalue weighted by molar-refractivity contribution is 7.52. The van der Waals surface area contributed by atoms with Crippen LogP contribution in [0.25, 0.3) is 5.52 Å². The summed E-state index contributed by atoms with van der Waals surface area (Å²) in [5.74, 6) is -1.35. The van der Waals surface area contributed by atoms with Crippen LogP contribution in [0.15, 0.2) is 42.7 Å². The zero-order valence-corrected chi connectivity index (χ0v) is 25.7. The molecule has 1 fully saturated rings. The van der Waals surface area contributed by atoms with E-state index in [9.17, 15) is 14.5 Å². The van der Waals surface area contributed by atoms with Crippen molar-refractivity contribution >= 4 is 38.4 Å². The molecule has 1 aromatic carbocycles. The average Bonchev–Trinajstić information content (AvgIpc) is 3.51. The lowest BCUT2D eigenvalue weighted by atomic mass is 9.96. The number of benzene rings is 1. The molecule has 0 saturated carbocycles. The molecule has 0 bridgehead atoms. The summed E-state index contributed by atoms with van der Waals surface area (Å²) in [7, 11) is 2.12. The standard InChI is InChI=1S/C28H39BN5O8P/c1-5-18(6-2)15-38-24(35)14-33-43(37,42-19-10-8-7-9-11-19)39-16-20-12-23(41-28(3,4)36)26(40-20)22-13-21(29)25-27(30)31-17-32-34(22)25/h7-11,13,17-18,20,23,26,36H,5-6,12,14-16H2,1-4H3,(H,33,37)(H2,30,31,32)/t20-,23+,26-,43?/m0/s1. The summed E-state index contributed by atoms with van der Waals surface area (Å²) in [4.78, 5) is 16.4. The van der Waals surface area contributed by atoms with Crippen LogP contribution in [0.3, 0.4) is 0 Å². The van der Waals surface area contributed by atoms with Crippen molar-refractivity contribution in [2.24, 2.45) is 5.92 Å². The zero-order valence-electron chi connectivity index (χ0n) is 24.8. The lowest BCUT2D eigenvalue weighted by Crippen LogP contribution is -2.32. The molecule has 0 spiro atoms. The fourth-order valence-electron chi connectivity index (χ4n) is 4.76. The van der Waals surface area contributed by atoms with Gasteiger partial charge in [-0.25, -0.2) is 19.2 Å². The van der Waals surface area contributed by atoms with Gasteiger partial charge in [0.25, 0.3) is 0 Å². The Balaban J connectivity index is 1.50. The fraction of sp³-hybridized carbons (Fsp3) is 0.536. The predicted octanol–water partition coefficient (Wildman–Crippen LogP) is 2.82. The van der Waals surface area contributed by atoms with Gasteiger partial charge in [0.15, 0.2) is 11.6 Å². The molecule has 4 N–H and O–H groups in total. The smallest absolute Gasteiger partial charge is 0.459 e. The van der Waals surface area contributed by atoms with Crippen LogP contribution in [-0.2, 0) is 28.1 Å². The second kappa shape index (κ2) is 14.2. The Kier molecular flexibility index (Phi) is 10.9. The first-order valence-corrected chi connectivity index (χ1v) is 15.8. The highest BCUT2D eigenvalue weighted by atomic mass is 31.2. The largest absolute Gasteiger partial charge is 0.464 e. The van der Waals surface area contributed by atoms with Gasteiger partial charge in [-0.05, 0) is 38.0 Å². The van der Waals surface area contributed by atoms with Gasteiger partial charge in [-0.3, -0.25) is 9.32 Å². The van der Waals surface area contributed by atoms with E-state index in [0.717, 1.165) is 12.8 Å². The molecule has 3 heterocycles. The molecule has 1 saturated heterocycles. The number of nitrogens with one attached hydrogen (secondary N) is 1.